The summed E-state index contributed by atoms with van der Waals surface area (Å²) in [6, 6.07) is 8.61. The van der Waals surface area contributed by atoms with Crippen molar-refractivity contribution < 1.29 is 0 Å². The van der Waals surface area contributed by atoms with E-state index in [0.29, 0.717) is 0 Å². The van der Waals surface area contributed by atoms with Crippen molar-refractivity contribution >= 4 is 5.69 Å². The minimum atomic E-state index is 1.07. The molecule has 0 amide bonds. The lowest BCUT2D eigenvalue weighted by atomic mass is 10.1. The van der Waals surface area contributed by atoms with Crippen LogP contribution in [0, 0.1) is 0 Å². The normalized spacial score (nSPS) is 16.6. The summed E-state index contributed by atoms with van der Waals surface area (Å²) < 4.78 is 0. The number of aryl methyl sites for hydroxylation is 1. The highest BCUT2D eigenvalue weighted by atomic mass is 15.1. The van der Waals surface area contributed by atoms with E-state index in [-0.39, 0.29) is 0 Å². The third-order valence-electron chi connectivity index (χ3n) is 3.34. The summed E-state index contributed by atoms with van der Waals surface area (Å²) in [7, 11) is 0. The van der Waals surface area contributed by atoms with Crippen molar-refractivity contribution in [1.82, 2.24) is 4.90 Å². The first-order chi connectivity index (χ1) is 7.90. The molecule has 0 spiro atoms. The van der Waals surface area contributed by atoms with Gasteiger partial charge in [-0.05, 0) is 44.0 Å². The molecule has 0 aliphatic carbocycles. The SMILES string of the molecule is CCc1ccccc1NCCN1CCCC1. The second kappa shape index (κ2) is 5.90. The lowest BCUT2D eigenvalue weighted by Gasteiger charge is -2.16. The largest absolute Gasteiger partial charge is 0.384 e. The highest BCUT2D eigenvalue weighted by Gasteiger charge is 2.10. The van der Waals surface area contributed by atoms with Crippen molar-refractivity contribution in [2.24, 2.45) is 0 Å². The topological polar surface area (TPSA) is 15.3 Å². The molecule has 0 atom stereocenters. The van der Waals surface area contributed by atoms with E-state index >= 15 is 0 Å². The zero-order chi connectivity index (χ0) is 11.2. The highest BCUT2D eigenvalue weighted by molar-refractivity contribution is 5.50. The summed E-state index contributed by atoms with van der Waals surface area (Å²) in [6.45, 7) is 7.03. The Kier molecular flexibility index (Phi) is 4.23. The lowest BCUT2D eigenvalue weighted by molar-refractivity contribution is 0.352. The number of hydrogen-bond acceptors (Lipinski definition) is 2. The Balaban J connectivity index is 1.79. The summed E-state index contributed by atoms with van der Waals surface area (Å²) in [5, 5.41) is 3.55. The van der Waals surface area contributed by atoms with Crippen LogP contribution in [0.4, 0.5) is 5.69 Å². The molecule has 88 valence electrons. The average Bonchev–Trinajstić information content (AvgIpc) is 2.83. The molecule has 2 rings (SSSR count). The molecule has 1 N–H and O–H groups in total. The van der Waals surface area contributed by atoms with Gasteiger partial charge in [0.05, 0.1) is 0 Å². The number of anilines is 1. The molecule has 2 heteroatoms. The molecular formula is C14H22N2. The van der Waals surface area contributed by atoms with E-state index in [1.807, 2.05) is 0 Å². The molecule has 1 aromatic rings. The molecule has 1 aliphatic rings. The van der Waals surface area contributed by atoms with Crippen LogP contribution in [0.2, 0.25) is 0 Å². The van der Waals surface area contributed by atoms with Crippen molar-refractivity contribution in [3.05, 3.63) is 29.8 Å². The first-order valence-corrected chi connectivity index (χ1v) is 6.44. The Morgan fingerprint density at radius 2 is 1.94 bits per heavy atom. The zero-order valence-electron chi connectivity index (χ0n) is 10.2. The number of rotatable bonds is 5. The molecule has 0 aromatic heterocycles. The second-order valence-corrected chi connectivity index (χ2v) is 4.49. The fourth-order valence-corrected chi connectivity index (χ4v) is 2.36. The molecular weight excluding hydrogens is 196 g/mol. The molecule has 0 radical (unpaired) electrons. The molecule has 0 unspecified atom stereocenters. The van der Waals surface area contributed by atoms with Gasteiger partial charge < -0.3 is 10.2 Å². The summed E-state index contributed by atoms with van der Waals surface area (Å²) in [4.78, 5) is 2.54. The molecule has 1 heterocycles. The van der Waals surface area contributed by atoms with Crippen LogP contribution in [0.15, 0.2) is 24.3 Å². The maximum absolute atomic E-state index is 3.55. The second-order valence-electron chi connectivity index (χ2n) is 4.49. The van der Waals surface area contributed by atoms with Crippen LogP contribution >= 0.6 is 0 Å². The van der Waals surface area contributed by atoms with Crippen molar-refractivity contribution in [1.29, 1.82) is 0 Å². The standard InChI is InChI=1S/C14H22N2/c1-2-13-7-3-4-8-14(13)15-9-12-16-10-5-6-11-16/h3-4,7-8,15H,2,5-6,9-12H2,1H3. The van der Waals surface area contributed by atoms with Gasteiger partial charge in [0.2, 0.25) is 0 Å². The van der Waals surface area contributed by atoms with Crippen LogP contribution in [0.25, 0.3) is 0 Å². The van der Waals surface area contributed by atoms with Gasteiger partial charge in [-0.2, -0.15) is 0 Å². The maximum atomic E-state index is 3.55. The van der Waals surface area contributed by atoms with Crippen LogP contribution in [0.1, 0.15) is 25.3 Å². The Morgan fingerprint density at radius 1 is 1.19 bits per heavy atom. The lowest BCUT2D eigenvalue weighted by Crippen LogP contribution is -2.26. The predicted molar refractivity (Wildman–Crippen MR) is 70.0 cm³/mol. The van der Waals surface area contributed by atoms with E-state index in [1.165, 1.54) is 43.7 Å². The summed E-state index contributed by atoms with van der Waals surface area (Å²) >= 11 is 0. The first kappa shape index (κ1) is 11.5. The van der Waals surface area contributed by atoms with Crippen LogP contribution in [0.5, 0.6) is 0 Å². The summed E-state index contributed by atoms with van der Waals surface area (Å²) in [6.07, 6.45) is 3.87. The molecule has 0 saturated carbocycles. The zero-order valence-corrected chi connectivity index (χ0v) is 10.2. The first-order valence-electron chi connectivity index (χ1n) is 6.44. The Morgan fingerprint density at radius 3 is 2.69 bits per heavy atom. The quantitative estimate of drug-likeness (QED) is 0.817. The van der Waals surface area contributed by atoms with E-state index < -0.39 is 0 Å². The number of para-hydroxylation sites is 1. The Labute approximate surface area is 98.7 Å². The Bertz CT molecular complexity index is 316. The third-order valence-corrected chi connectivity index (χ3v) is 3.34. The number of benzene rings is 1. The van der Waals surface area contributed by atoms with Gasteiger partial charge >= 0.3 is 0 Å². The van der Waals surface area contributed by atoms with Gasteiger partial charge in [-0.1, -0.05) is 25.1 Å². The monoisotopic (exact) mass is 218 g/mol. The van der Waals surface area contributed by atoms with Crippen LogP contribution < -0.4 is 5.32 Å². The Hall–Kier alpha value is -1.02. The summed E-state index contributed by atoms with van der Waals surface area (Å²) in [5.74, 6) is 0. The van der Waals surface area contributed by atoms with E-state index in [0.717, 1.165) is 13.0 Å². The van der Waals surface area contributed by atoms with Crippen molar-refractivity contribution in [2.45, 2.75) is 26.2 Å². The smallest absolute Gasteiger partial charge is 0.0373 e. The van der Waals surface area contributed by atoms with E-state index in [4.69, 9.17) is 0 Å². The number of nitrogens with zero attached hydrogens (tertiary/aromatic N) is 1. The highest BCUT2D eigenvalue weighted by Crippen LogP contribution is 2.15. The maximum Gasteiger partial charge on any atom is 0.0373 e. The van der Waals surface area contributed by atoms with Crippen molar-refractivity contribution in [2.75, 3.05) is 31.5 Å². The fourth-order valence-electron chi connectivity index (χ4n) is 2.36. The van der Waals surface area contributed by atoms with Crippen LogP contribution in [-0.2, 0) is 6.42 Å². The minimum Gasteiger partial charge on any atom is -0.384 e. The molecule has 2 nitrogen and oxygen atoms in total. The number of nitrogens with one attached hydrogen (secondary N) is 1. The van der Waals surface area contributed by atoms with Crippen molar-refractivity contribution in [3.8, 4) is 0 Å². The number of likely N-dealkylation sites (tertiary alicyclic amines) is 1. The van der Waals surface area contributed by atoms with E-state index in [1.54, 1.807) is 0 Å². The predicted octanol–water partition coefficient (Wildman–Crippen LogP) is 2.76. The minimum absolute atomic E-state index is 1.07. The molecule has 0 bridgehead atoms. The van der Waals surface area contributed by atoms with Gasteiger partial charge in [0.25, 0.3) is 0 Å². The van der Waals surface area contributed by atoms with Crippen LogP contribution in [-0.4, -0.2) is 31.1 Å². The van der Waals surface area contributed by atoms with Gasteiger partial charge in [-0.15, -0.1) is 0 Å². The molecule has 1 saturated heterocycles. The van der Waals surface area contributed by atoms with Gasteiger partial charge in [0, 0.05) is 18.8 Å². The van der Waals surface area contributed by atoms with E-state index in [2.05, 4.69) is 41.4 Å². The third kappa shape index (κ3) is 2.99. The van der Waals surface area contributed by atoms with Crippen molar-refractivity contribution in [3.63, 3.8) is 0 Å². The van der Waals surface area contributed by atoms with Crippen LogP contribution in [0.3, 0.4) is 0 Å². The molecule has 1 aliphatic heterocycles. The van der Waals surface area contributed by atoms with Gasteiger partial charge in [0.1, 0.15) is 0 Å². The molecule has 1 fully saturated rings. The van der Waals surface area contributed by atoms with Gasteiger partial charge in [-0.3, -0.25) is 0 Å². The molecule has 16 heavy (non-hydrogen) atoms. The summed E-state index contributed by atoms with van der Waals surface area (Å²) in [5.41, 5.74) is 2.73. The van der Waals surface area contributed by atoms with Gasteiger partial charge in [0.15, 0.2) is 0 Å². The van der Waals surface area contributed by atoms with Gasteiger partial charge in [-0.25, -0.2) is 0 Å². The molecule has 1 aromatic carbocycles. The average molecular weight is 218 g/mol. The fraction of sp³-hybridized carbons (Fsp3) is 0.571. The van der Waals surface area contributed by atoms with E-state index in [9.17, 15) is 0 Å². The number of hydrogen-bond donors (Lipinski definition) is 1.